The quantitative estimate of drug-likeness (QED) is 0.793. The fraction of sp³-hybridized carbons (Fsp3) is 0.500. The van der Waals surface area contributed by atoms with Gasteiger partial charge in [-0.2, -0.15) is 11.3 Å². The summed E-state index contributed by atoms with van der Waals surface area (Å²) in [5.41, 5.74) is 2.25. The Morgan fingerprint density at radius 1 is 1.41 bits per heavy atom. The summed E-state index contributed by atoms with van der Waals surface area (Å²) in [6.07, 6.45) is 1.05. The lowest BCUT2D eigenvalue weighted by Gasteiger charge is -2.38. The highest BCUT2D eigenvalue weighted by molar-refractivity contribution is 7.07. The van der Waals surface area contributed by atoms with Crippen LogP contribution in [0.4, 0.5) is 5.82 Å². The third kappa shape index (κ3) is 3.12. The van der Waals surface area contributed by atoms with Crippen molar-refractivity contribution < 1.29 is 4.74 Å². The van der Waals surface area contributed by atoms with Crippen LogP contribution in [0.3, 0.4) is 0 Å². The Hall–Kier alpha value is -1.17. The van der Waals surface area contributed by atoms with Gasteiger partial charge in [-0.15, -0.1) is 0 Å². The minimum absolute atomic E-state index is 0.0775. The number of morpholine rings is 1. The number of nitrogens with zero attached hydrogens (tertiary/aromatic N) is 3. The molecule has 22 heavy (non-hydrogen) atoms. The summed E-state index contributed by atoms with van der Waals surface area (Å²) in [6, 6.07) is 2.13. The van der Waals surface area contributed by atoms with E-state index in [1.807, 2.05) is 6.92 Å². The average molecular weight is 338 g/mol. The van der Waals surface area contributed by atoms with Crippen LogP contribution in [0.25, 0.3) is 0 Å². The van der Waals surface area contributed by atoms with E-state index in [4.69, 9.17) is 16.3 Å². The Morgan fingerprint density at radius 2 is 2.23 bits per heavy atom. The van der Waals surface area contributed by atoms with Gasteiger partial charge in [0.2, 0.25) is 0 Å². The molecule has 2 unspecified atom stereocenters. The minimum atomic E-state index is 0.0775. The van der Waals surface area contributed by atoms with Crippen LogP contribution in [-0.4, -0.2) is 29.2 Å². The number of ether oxygens (including phenoxy) is 1. The lowest BCUT2D eigenvalue weighted by molar-refractivity contribution is -0.0174. The van der Waals surface area contributed by atoms with E-state index in [1.54, 1.807) is 11.3 Å². The summed E-state index contributed by atoms with van der Waals surface area (Å²) >= 11 is 8.02. The van der Waals surface area contributed by atoms with Crippen LogP contribution in [0, 0.1) is 6.92 Å². The molecule has 0 aliphatic carbocycles. The SMILES string of the molecule is CCc1c(Cl)nc(C)nc1N1CC(C)OC(c2ccsc2)C1. The molecule has 3 heterocycles. The third-order valence-electron chi connectivity index (χ3n) is 3.87. The molecule has 0 aromatic carbocycles. The van der Waals surface area contributed by atoms with Gasteiger partial charge in [0.25, 0.3) is 0 Å². The first-order valence-electron chi connectivity index (χ1n) is 7.54. The van der Waals surface area contributed by atoms with Crippen molar-refractivity contribution in [2.75, 3.05) is 18.0 Å². The van der Waals surface area contributed by atoms with Gasteiger partial charge < -0.3 is 9.64 Å². The summed E-state index contributed by atoms with van der Waals surface area (Å²) in [5.74, 6) is 1.67. The third-order valence-corrected chi connectivity index (χ3v) is 4.89. The molecule has 0 radical (unpaired) electrons. The van der Waals surface area contributed by atoms with Gasteiger partial charge in [0.1, 0.15) is 22.9 Å². The summed E-state index contributed by atoms with van der Waals surface area (Å²) in [4.78, 5) is 11.2. The number of hydrogen-bond donors (Lipinski definition) is 0. The molecule has 1 aliphatic heterocycles. The van der Waals surface area contributed by atoms with Gasteiger partial charge in [0, 0.05) is 18.7 Å². The molecule has 0 saturated carbocycles. The monoisotopic (exact) mass is 337 g/mol. The van der Waals surface area contributed by atoms with E-state index >= 15 is 0 Å². The minimum Gasteiger partial charge on any atom is -0.367 e. The molecule has 1 aliphatic rings. The molecule has 118 valence electrons. The molecule has 4 nitrogen and oxygen atoms in total. The number of anilines is 1. The van der Waals surface area contributed by atoms with Crippen molar-refractivity contribution in [1.29, 1.82) is 0 Å². The normalized spacial score (nSPS) is 22.1. The van der Waals surface area contributed by atoms with Gasteiger partial charge >= 0.3 is 0 Å². The zero-order valence-electron chi connectivity index (χ0n) is 13.0. The smallest absolute Gasteiger partial charge is 0.138 e. The van der Waals surface area contributed by atoms with E-state index in [2.05, 4.69) is 45.5 Å². The van der Waals surface area contributed by atoms with Gasteiger partial charge in [-0.1, -0.05) is 18.5 Å². The first-order valence-corrected chi connectivity index (χ1v) is 8.86. The molecule has 6 heteroatoms. The van der Waals surface area contributed by atoms with Crippen LogP contribution in [0.1, 0.15) is 36.9 Å². The molecule has 2 aromatic heterocycles. The first-order chi connectivity index (χ1) is 10.6. The maximum Gasteiger partial charge on any atom is 0.138 e. The summed E-state index contributed by atoms with van der Waals surface area (Å²) < 4.78 is 6.10. The van der Waals surface area contributed by atoms with Gasteiger partial charge in [0.15, 0.2) is 0 Å². The maximum atomic E-state index is 6.32. The van der Waals surface area contributed by atoms with Gasteiger partial charge in [0.05, 0.1) is 6.10 Å². The number of aromatic nitrogens is 2. The number of rotatable bonds is 3. The van der Waals surface area contributed by atoms with Crippen LogP contribution in [0.2, 0.25) is 5.15 Å². The van der Waals surface area contributed by atoms with Gasteiger partial charge in [-0.3, -0.25) is 0 Å². The molecule has 1 fully saturated rings. The fourth-order valence-electron chi connectivity index (χ4n) is 2.88. The highest BCUT2D eigenvalue weighted by Gasteiger charge is 2.29. The molecule has 2 aromatic rings. The first kappa shape index (κ1) is 15.7. The predicted octanol–water partition coefficient (Wildman–Crippen LogP) is 4.03. The lowest BCUT2D eigenvalue weighted by Crippen LogP contribution is -2.43. The molecular formula is C16H20ClN3OS. The molecule has 1 saturated heterocycles. The molecule has 0 N–H and O–H groups in total. The fourth-order valence-corrected chi connectivity index (χ4v) is 3.92. The molecule has 2 atom stereocenters. The van der Waals surface area contributed by atoms with Crippen molar-refractivity contribution in [3.63, 3.8) is 0 Å². The largest absolute Gasteiger partial charge is 0.367 e. The standard InChI is InChI=1S/C16H20ClN3OS/c1-4-13-15(17)18-11(3)19-16(13)20-7-10(2)21-14(8-20)12-5-6-22-9-12/h5-6,9-10,14H,4,7-8H2,1-3H3. The zero-order valence-corrected chi connectivity index (χ0v) is 14.6. The Kier molecular flexibility index (Phi) is 4.66. The second-order valence-electron chi connectivity index (χ2n) is 5.61. The highest BCUT2D eigenvalue weighted by Crippen LogP contribution is 2.32. The molecule has 0 spiro atoms. The number of aryl methyl sites for hydroxylation is 1. The highest BCUT2D eigenvalue weighted by atomic mass is 35.5. The van der Waals surface area contributed by atoms with Crippen molar-refractivity contribution in [3.8, 4) is 0 Å². The summed E-state index contributed by atoms with van der Waals surface area (Å²) in [6.45, 7) is 7.69. The van der Waals surface area contributed by atoms with Crippen LogP contribution in [-0.2, 0) is 11.2 Å². The van der Waals surface area contributed by atoms with Gasteiger partial charge in [-0.05, 0) is 42.7 Å². The Balaban J connectivity index is 1.94. The van der Waals surface area contributed by atoms with Crippen LogP contribution in [0.15, 0.2) is 16.8 Å². The van der Waals surface area contributed by atoms with E-state index in [9.17, 15) is 0 Å². The summed E-state index contributed by atoms with van der Waals surface area (Å²) in [5, 5.41) is 4.81. The lowest BCUT2D eigenvalue weighted by atomic mass is 10.1. The topological polar surface area (TPSA) is 38.2 Å². The Labute approximate surface area is 140 Å². The van der Waals surface area contributed by atoms with Crippen molar-refractivity contribution >= 4 is 28.8 Å². The van der Waals surface area contributed by atoms with Crippen molar-refractivity contribution in [3.05, 3.63) is 38.9 Å². The maximum absolute atomic E-state index is 6.32. The van der Waals surface area contributed by atoms with Crippen LogP contribution in [0.5, 0.6) is 0 Å². The van der Waals surface area contributed by atoms with Crippen molar-refractivity contribution in [1.82, 2.24) is 9.97 Å². The second-order valence-corrected chi connectivity index (χ2v) is 6.75. The van der Waals surface area contributed by atoms with E-state index in [-0.39, 0.29) is 12.2 Å². The summed E-state index contributed by atoms with van der Waals surface area (Å²) in [7, 11) is 0. The second kappa shape index (κ2) is 6.52. The number of halogens is 1. The Bertz CT molecular complexity index is 647. The predicted molar refractivity (Wildman–Crippen MR) is 91.0 cm³/mol. The molecule has 0 bridgehead atoms. The van der Waals surface area contributed by atoms with E-state index in [0.717, 1.165) is 30.9 Å². The van der Waals surface area contributed by atoms with Crippen molar-refractivity contribution in [2.24, 2.45) is 0 Å². The van der Waals surface area contributed by atoms with Crippen molar-refractivity contribution in [2.45, 2.75) is 39.4 Å². The molecular weight excluding hydrogens is 318 g/mol. The zero-order chi connectivity index (χ0) is 15.7. The molecule has 3 rings (SSSR count). The van der Waals surface area contributed by atoms with E-state index in [0.29, 0.717) is 11.0 Å². The van der Waals surface area contributed by atoms with Crippen LogP contribution < -0.4 is 4.90 Å². The van der Waals surface area contributed by atoms with E-state index in [1.165, 1.54) is 5.56 Å². The Morgan fingerprint density at radius 3 is 2.91 bits per heavy atom. The average Bonchev–Trinajstić information content (AvgIpc) is 3.00. The number of thiophene rings is 1. The number of hydrogen-bond acceptors (Lipinski definition) is 5. The van der Waals surface area contributed by atoms with Crippen LogP contribution >= 0.6 is 22.9 Å². The van der Waals surface area contributed by atoms with E-state index < -0.39 is 0 Å². The van der Waals surface area contributed by atoms with Gasteiger partial charge in [-0.25, -0.2) is 9.97 Å². The molecule has 0 amide bonds.